The smallest absolute Gasteiger partial charge is 0.0591 e. The van der Waals surface area contributed by atoms with Gasteiger partial charge in [-0.3, -0.25) is 0 Å². The maximum absolute atomic E-state index is 3.78. The number of rotatable bonds is 13. The Morgan fingerprint density at radius 3 is 2.14 bits per heavy atom. The summed E-state index contributed by atoms with van der Waals surface area (Å²) in [5.41, 5.74) is 1.54. The molecule has 0 saturated carbocycles. The first-order chi connectivity index (χ1) is 13.8. The zero-order valence-corrected chi connectivity index (χ0v) is 20.9. The van der Waals surface area contributed by atoms with Crippen LogP contribution in [0.4, 0.5) is 0 Å². The second kappa shape index (κ2) is 12.3. The fraction of sp³-hybridized carbons (Fsp3) is 0.500. The normalized spacial score (nSPS) is 11.4. The van der Waals surface area contributed by atoms with Crippen molar-refractivity contribution in [3.05, 3.63) is 45.1 Å². The van der Waals surface area contributed by atoms with E-state index in [0.29, 0.717) is 0 Å². The number of aryl methyl sites for hydroxylation is 1. The van der Waals surface area contributed by atoms with Crippen LogP contribution in [0.5, 0.6) is 0 Å². The summed E-state index contributed by atoms with van der Waals surface area (Å²) in [6.45, 7) is 2.29. The molecule has 0 aliphatic rings. The third-order valence-electron chi connectivity index (χ3n) is 5.20. The second-order valence-electron chi connectivity index (χ2n) is 7.47. The van der Waals surface area contributed by atoms with E-state index in [1.54, 1.807) is 0 Å². The van der Waals surface area contributed by atoms with Crippen LogP contribution in [0.1, 0.15) is 76.7 Å². The van der Waals surface area contributed by atoms with Gasteiger partial charge in [0.05, 0.1) is 4.88 Å². The number of halogens is 1. The highest BCUT2D eigenvalue weighted by Gasteiger charge is 2.14. The number of hydrogen-bond donors (Lipinski definition) is 0. The molecule has 0 N–H and O–H groups in total. The fourth-order valence-corrected chi connectivity index (χ4v) is 7.60. The molecule has 0 saturated heterocycles. The van der Waals surface area contributed by atoms with Gasteiger partial charge in [-0.25, -0.2) is 0 Å². The van der Waals surface area contributed by atoms with Crippen molar-refractivity contribution in [3.63, 3.8) is 0 Å². The standard InChI is InChI=1S/C24H31BrS3/c1-2-3-4-5-6-7-8-9-10-11-13-19-15-17-27-23(19)22-18-20(25)24(28-22)21-14-12-16-26-21/h12,14-18H,2-11,13H2,1H3. The van der Waals surface area contributed by atoms with Gasteiger partial charge >= 0.3 is 0 Å². The molecule has 3 heterocycles. The van der Waals surface area contributed by atoms with Crippen molar-refractivity contribution < 1.29 is 0 Å². The molecule has 0 radical (unpaired) electrons. The van der Waals surface area contributed by atoms with Crippen LogP contribution in [0.15, 0.2) is 39.5 Å². The number of hydrogen-bond acceptors (Lipinski definition) is 3. The van der Waals surface area contributed by atoms with Gasteiger partial charge in [-0.05, 0) is 63.3 Å². The molecule has 0 atom stereocenters. The summed E-state index contributed by atoms with van der Waals surface area (Å²) >= 11 is 9.41. The highest BCUT2D eigenvalue weighted by atomic mass is 79.9. The first kappa shape index (κ1) is 22.3. The zero-order chi connectivity index (χ0) is 19.6. The quantitative estimate of drug-likeness (QED) is 0.207. The van der Waals surface area contributed by atoms with Crippen LogP contribution in [0.3, 0.4) is 0 Å². The summed E-state index contributed by atoms with van der Waals surface area (Å²) in [6.07, 6.45) is 15.3. The largest absolute Gasteiger partial charge is 0.143 e. The second-order valence-corrected chi connectivity index (χ2v) is 11.2. The lowest BCUT2D eigenvalue weighted by Gasteiger charge is -2.04. The van der Waals surface area contributed by atoms with Gasteiger partial charge in [-0.15, -0.1) is 34.0 Å². The topological polar surface area (TPSA) is 0 Å². The summed E-state index contributed by atoms with van der Waals surface area (Å²) in [7, 11) is 0. The third-order valence-corrected chi connectivity index (χ3v) is 9.41. The molecule has 0 aromatic carbocycles. The molecule has 3 aromatic rings. The lowest BCUT2D eigenvalue weighted by atomic mass is 10.0. The Labute approximate surface area is 191 Å². The van der Waals surface area contributed by atoms with Crippen LogP contribution < -0.4 is 0 Å². The maximum atomic E-state index is 3.78. The van der Waals surface area contributed by atoms with Crippen molar-refractivity contribution in [2.75, 3.05) is 0 Å². The van der Waals surface area contributed by atoms with Gasteiger partial charge in [0.2, 0.25) is 0 Å². The first-order valence-electron chi connectivity index (χ1n) is 10.7. The molecule has 0 fully saturated rings. The SMILES string of the molecule is CCCCCCCCCCCCc1ccsc1-c1cc(Br)c(-c2cccs2)s1. The van der Waals surface area contributed by atoms with E-state index in [0.717, 1.165) is 0 Å². The molecule has 0 nitrogen and oxygen atoms in total. The van der Waals surface area contributed by atoms with E-state index < -0.39 is 0 Å². The summed E-state index contributed by atoms with van der Waals surface area (Å²) in [6, 6.07) is 9.00. The molecule has 4 heteroatoms. The van der Waals surface area contributed by atoms with Crippen LogP contribution in [0.2, 0.25) is 0 Å². The van der Waals surface area contributed by atoms with Gasteiger partial charge in [0, 0.05) is 19.1 Å². The lowest BCUT2D eigenvalue weighted by molar-refractivity contribution is 0.556. The van der Waals surface area contributed by atoms with Crippen molar-refractivity contribution >= 4 is 49.9 Å². The van der Waals surface area contributed by atoms with E-state index in [-0.39, 0.29) is 0 Å². The van der Waals surface area contributed by atoms with Crippen LogP contribution in [-0.4, -0.2) is 0 Å². The molecular formula is C24H31BrS3. The lowest BCUT2D eigenvalue weighted by Crippen LogP contribution is -1.86. The molecule has 0 amide bonds. The minimum absolute atomic E-state index is 1.22. The van der Waals surface area contributed by atoms with E-state index in [9.17, 15) is 0 Å². The Morgan fingerprint density at radius 1 is 0.750 bits per heavy atom. The summed E-state index contributed by atoms with van der Waals surface area (Å²) in [5.74, 6) is 0. The molecule has 0 unspecified atom stereocenters. The number of thiophene rings is 3. The first-order valence-corrected chi connectivity index (χ1v) is 14.1. The van der Waals surface area contributed by atoms with Gasteiger partial charge in [-0.2, -0.15) is 0 Å². The summed E-state index contributed by atoms with van der Waals surface area (Å²) in [4.78, 5) is 5.61. The molecule has 3 aromatic heterocycles. The predicted molar refractivity (Wildman–Crippen MR) is 134 cm³/mol. The fourth-order valence-electron chi connectivity index (χ4n) is 3.61. The highest BCUT2D eigenvalue weighted by molar-refractivity contribution is 9.10. The monoisotopic (exact) mass is 494 g/mol. The zero-order valence-electron chi connectivity index (χ0n) is 16.8. The Balaban J connectivity index is 1.43. The van der Waals surface area contributed by atoms with Crippen LogP contribution in [-0.2, 0) is 6.42 Å². The highest BCUT2D eigenvalue weighted by Crippen LogP contribution is 2.45. The third kappa shape index (κ3) is 6.55. The Morgan fingerprint density at radius 2 is 1.46 bits per heavy atom. The molecule has 0 aliphatic carbocycles. The van der Waals surface area contributed by atoms with Crippen LogP contribution in [0.25, 0.3) is 19.5 Å². The minimum atomic E-state index is 1.22. The van der Waals surface area contributed by atoms with Crippen molar-refractivity contribution in [2.24, 2.45) is 0 Å². The predicted octanol–water partition coefficient (Wildman–Crippen LogP) is 10.4. The van der Waals surface area contributed by atoms with Gasteiger partial charge in [-0.1, -0.05) is 70.8 Å². The molecule has 3 rings (SSSR count). The summed E-state index contributed by atoms with van der Waals surface area (Å²) in [5, 5.41) is 4.42. The average Bonchev–Trinajstić information content (AvgIpc) is 3.43. The van der Waals surface area contributed by atoms with Gasteiger partial charge in [0.1, 0.15) is 0 Å². The molecule has 28 heavy (non-hydrogen) atoms. The Bertz CT molecular complexity index is 798. The molecular weight excluding hydrogens is 464 g/mol. The van der Waals surface area contributed by atoms with E-state index >= 15 is 0 Å². The van der Waals surface area contributed by atoms with Crippen LogP contribution in [0, 0.1) is 0 Å². The molecule has 0 spiro atoms. The number of unbranched alkanes of at least 4 members (excludes halogenated alkanes) is 9. The minimum Gasteiger partial charge on any atom is -0.143 e. The summed E-state index contributed by atoms with van der Waals surface area (Å²) < 4.78 is 1.23. The Hall–Kier alpha value is -0.420. The molecule has 152 valence electrons. The van der Waals surface area contributed by atoms with E-state index in [1.165, 1.54) is 100 Å². The van der Waals surface area contributed by atoms with Crippen molar-refractivity contribution in [2.45, 2.75) is 77.6 Å². The molecule has 0 aliphatic heterocycles. The van der Waals surface area contributed by atoms with E-state index in [2.05, 4.69) is 57.9 Å². The van der Waals surface area contributed by atoms with Gasteiger partial charge in [0.15, 0.2) is 0 Å². The van der Waals surface area contributed by atoms with Crippen LogP contribution >= 0.6 is 49.9 Å². The van der Waals surface area contributed by atoms with Crippen molar-refractivity contribution in [1.82, 2.24) is 0 Å². The molecule has 0 bridgehead atoms. The average molecular weight is 496 g/mol. The van der Waals surface area contributed by atoms with E-state index in [1.807, 2.05) is 34.0 Å². The van der Waals surface area contributed by atoms with Crippen molar-refractivity contribution in [1.29, 1.82) is 0 Å². The van der Waals surface area contributed by atoms with Gasteiger partial charge < -0.3 is 0 Å². The maximum Gasteiger partial charge on any atom is 0.0591 e. The van der Waals surface area contributed by atoms with E-state index in [4.69, 9.17) is 0 Å². The van der Waals surface area contributed by atoms with Gasteiger partial charge in [0.25, 0.3) is 0 Å². The Kier molecular flexibility index (Phi) is 9.79. The van der Waals surface area contributed by atoms with Crippen molar-refractivity contribution in [3.8, 4) is 19.5 Å².